The van der Waals surface area contributed by atoms with Gasteiger partial charge < -0.3 is 14.9 Å². The molecule has 1 rings (SSSR count). The lowest BCUT2D eigenvalue weighted by Crippen LogP contribution is -2.20. The zero-order chi connectivity index (χ0) is 12.7. The number of aliphatic hydroxyl groups excluding tert-OH is 2. The second-order valence-electron chi connectivity index (χ2n) is 4.15. The van der Waals surface area contributed by atoms with Crippen molar-refractivity contribution in [2.24, 2.45) is 0 Å². The predicted octanol–water partition coefficient (Wildman–Crippen LogP) is 2.06. The van der Waals surface area contributed by atoms with Crippen molar-refractivity contribution in [3.63, 3.8) is 0 Å². The van der Waals surface area contributed by atoms with Gasteiger partial charge in [-0.2, -0.15) is 0 Å². The van der Waals surface area contributed by atoms with Crippen LogP contribution in [0.5, 0.6) is 0 Å². The molecule has 0 saturated carbocycles. The van der Waals surface area contributed by atoms with Crippen LogP contribution in [0.1, 0.15) is 19.4 Å². The van der Waals surface area contributed by atoms with Crippen LogP contribution in [0.4, 0.5) is 0 Å². The van der Waals surface area contributed by atoms with E-state index >= 15 is 0 Å². The number of ether oxygens (including phenoxy) is 1. The van der Waals surface area contributed by atoms with Gasteiger partial charge in [-0.3, -0.25) is 0 Å². The lowest BCUT2D eigenvalue weighted by atomic mass is 10.2. The molecular formula is C13H20O3S. The number of aliphatic hydroxyl groups is 2. The Morgan fingerprint density at radius 1 is 1.24 bits per heavy atom. The second kappa shape index (κ2) is 7.71. The predicted molar refractivity (Wildman–Crippen MR) is 70.2 cm³/mol. The van der Waals surface area contributed by atoms with Crippen molar-refractivity contribution in [3.8, 4) is 0 Å². The molecule has 0 aromatic heterocycles. The Bertz CT molecular complexity index is 311. The fourth-order valence-corrected chi connectivity index (χ4v) is 2.04. The third-order valence-corrected chi connectivity index (χ3v) is 3.33. The SMILES string of the molecule is CC(C)OCC(O)CSc1ccc(CO)cc1. The van der Waals surface area contributed by atoms with E-state index in [9.17, 15) is 5.11 Å². The van der Waals surface area contributed by atoms with E-state index in [4.69, 9.17) is 9.84 Å². The Hall–Kier alpha value is -0.550. The molecular weight excluding hydrogens is 236 g/mol. The van der Waals surface area contributed by atoms with Crippen molar-refractivity contribution in [1.82, 2.24) is 0 Å². The summed E-state index contributed by atoms with van der Waals surface area (Å²) < 4.78 is 5.33. The van der Waals surface area contributed by atoms with E-state index in [1.807, 2.05) is 38.1 Å². The van der Waals surface area contributed by atoms with E-state index < -0.39 is 6.10 Å². The maximum absolute atomic E-state index is 9.67. The molecule has 1 atom stereocenters. The molecule has 1 aromatic carbocycles. The first kappa shape index (κ1) is 14.5. The average molecular weight is 256 g/mol. The molecule has 17 heavy (non-hydrogen) atoms. The summed E-state index contributed by atoms with van der Waals surface area (Å²) in [6.45, 7) is 4.34. The van der Waals surface area contributed by atoms with Gasteiger partial charge in [0.15, 0.2) is 0 Å². The van der Waals surface area contributed by atoms with Gasteiger partial charge in [0, 0.05) is 10.6 Å². The highest BCUT2D eigenvalue weighted by molar-refractivity contribution is 7.99. The summed E-state index contributed by atoms with van der Waals surface area (Å²) in [6.07, 6.45) is -0.293. The number of hydrogen-bond acceptors (Lipinski definition) is 4. The fraction of sp³-hybridized carbons (Fsp3) is 0.538. The topological polar surface area (TPSA) is 49.7 Å². The summed E-state index contributed by atoms with van der Waals surface area (Å²) in [5.74, 6) is 0.616. The van der Waals surface area contributed by atoms with Gasteiger partial charge >= 0.3 is 0 Å². The Balaban J connectivity index is 2.29. The van der Waals surface area contributed by atoms with Crippen molar-refractivity contribution in [2.45, 2.75) is 37.6 Å². The lowest BCUT2D eigenvalue weighted by Gasteiger charge is -2.13. The molecule has 0 aliphatic carbocycles. The van der Waals surface area contributed by atoms with Crippen LogP contribution in [0.3, 0.4) is 0 Å². The first-order chi connectivity index (χ1) is 8.11. The molecule has 96 valence electrons. The summed E-state index contributed by atoms with van der Waals surface area (Å²) in [5, 5.41) is 18.6. The van der Waals surface area contributed by atoms with Crippen molar-refractivity contribution in [1.29, 1.82) is 0 Å². The van der Waals surface area contributed by atoms with Crippen LogP contribution < -0.4 is 0 Å². The average Bonchev–Trinajstić information content (AvgIpc) is 2.34. The van der Waals surface area contributed by atoms with E-state index in [0.717, 1.165) is 10.5 Å². The van der Waals surface area contributed by atoms with Crippen LogP contribution >= 0.6 is 11.8 Å². The van der Waals surface area contributed by atoms with Crippen LogP contribution in [-0.2, 0) is 11.3 Å². The molecule has 1 unspecified atom stereocenters. The quantitative estimate of drug-likeness (QED) is 0.733. The Morgan fingerprint density at radius 2 is 1.88 bits per heavy atom. The number of hydrogen-bond donors (Lipinski definition) is 2. The van der Waals surface area contributed by atoms with Gasteiger partial charge in [-0.1, -0.05) is 12.1 Å². The molecule has 0 heterocycles. The molecule has 3 nitrogen and oxygen atoms in total. The molecule has 4 heteroatoms. The van der Waals surface area contributed by atoms with Crippen molar-refractivity contribution < 1.29 is 14.9 Å². The minimum Gasteiger partial charge on any atom is -0.392 e. The zero-order valence-corrected chi connectivity index (χ0v) is 11.1. The molecule has 0 radical (unpaired) electrons. The molecule has 0 fully saturated rings. The van der Waals surface area contributed by atoms with Crippen molar-refractivity contribution in [3.05, 3.63) is 29.8 Å². The second-order valence-corrected chi connectivity index (χ2v) is 5.24. The highest BCUT2D eigenvalue weighted by Gasteiger charge is 2.06. The van der Waals surface area contributed by atoms with Gasteiger partial charge in [-0.05, 0) is 31.5 Å². The van der Waals surface area contributed by atoms with Crippen LogP contribution in [0.25, 0.3) is 0 Å². The maximum Gasteiger partial charge on any atom is 0.0867 e. The molecule has 2 N–H and O–H groups in total. The van der Waals surface area contributed by atoms with Gasteiger partial charge in [0.2, 0.25) is 0 Å². The number of benzene rings is 1. The summed E-state index contributed by atoms with van der Waals surface area (Å²) >= 11 is 1.59. The molecule has 0 amide bonds. The number of rotatable bonds is 7. The van der Waals surface area contributed by atoms with Gasteiger partial charge in [0.05, 0.1) is 25.4 Å². The standard InChI is InChI=1S/C13H20O3S/c1-10(2)16-8-12(15)9-17-13-5-3-11(7-14)4-6-13/h3-6,10,12,14-15H,7-9H2,1-2H3. The first-order valence-electron chi connectivity index (χ1n) is 5.74. The van der Waals surface area contributed by atoms with E-state index in [2.05, 4.69) is 0 Å². The Kier molecular flexibility index (Phi) is 6.58. The highest BCUT2D eigenvalue weighted by atomic mass is 32.2. The van der Waals surface area contributed by atoms with E-state index in [-0.39, 0.29) is 12.7 Å². The molecule has 1 aromatic rings. The zero-order valence-electron chi connectivity index (χ0n) is 10.3. The largest absolute Gasteiger partial charge is 0.392 e. The number of thioether (sulfide) groups is 1. The van der Waals surface area contributed by atoms with Gasteiger partial charge in [0.25, 0.3) is 0 Å². The lowest BCUT2D eigenvalue weighted by molar-refractivity contribution is 0.0152. The third-order valence-electron chi connectivity index (χ3n) is 2.17. The van der Waals surface area contributed by atoms with E-state index in [1.54, 1.807) is 11.8 Å². The fourth-order valence-electron chi connectivity index (χ4n) is 1.24. The third kappa shape index (κ3) is 6.07. The molecule has 0 bridgehead atoms. The summed E-state index contributed by atoms with van der Waals surface area (Å²) in [4.78, 5) is 1.09. The van der Waals surface area contributed by atoms with E-state index in [0.29, 0.717) is 12.4 Å². The minimum atomic E-state index is -0.445. The van der Waals surface area contributed by atoms with Crippen molar-refractivity contribution >= 4 is 11.8 Å². The summed E-state index contributed by atoms with van der Waals surface area (Å²) in [5.41, 5.74) is 0.901. The van der Waals surface area contributed by atoms with Crippen molar-refractivity contribution in [2.75, 3.05) is 12.4 Å². The minimum absolute atomic E-state index is 0.0653. The molecule has 0 aliphatic rings. The molecule has 0 spiro atoms. The van der Waals surface area contributed by atoms with Crippen LogP contribution in [0.15, 0.2) is 29.2 Å². The smallest absolute Gasteiger partial charge is 0.0867 e. The van der Waals surface area contributed by atoms with Crippen LogP contribution in [0, 0.1) is 0 Å². The van der Waals surface area contributed by atoms with E-state index in [1.165, 1.54) is 0 Å². The maximum atomic E-state index is 9.67. The Labute approximate surface area is 107 Å². The van der Waals surface area contributed by atoms with Gasteiger partial charge in [-0.15, -0.1) is 11.8 Å². The Morgan fingerprint density at radius 3 is 2.41 bits per heavy atom. The molecule has 0 aliphatic heterocycles. The van der Waals surface area contributed by atoms with Crippen LogP contribution in [-0.4, -0.2) is 34.8 Å². The summed E-state index contributed by atoms with van der Waals surface area (Å²) in [7, 11) is 0. The highest BCUT2D eigenvalue weighted by Crippen LogP contribution is 2.19. The normalized spacial score (nSPS) is 13.0. The summed E-state index contributed by atoms with van der Waals surface area (Å²) in [6, 6.07) is 7.68. The van der Waals surface area contributed by atoms with Gasteiger partial charge in [0.1, 0.15) is 0 Å². The molecule has 0 saturated heterocycles. The van der Waals surface area contributed by atoms with Crippen LogP contribution in [0.2, 0.25) is 0 Å². The first-order valence-corrected chi connectivity index (χ1v) is 6.72. The van der Waals surface area contributed by atoms with Gasteiger partial charge in [-0.25, -0.2) is 0 Å². The monoisotopic (exact) mass is 256 g/mol.